The number of hydrogen-bond donors (Lipinski definition) is 1. The fourth-order valence-corrected chi connectivity index (χ4v) is 2.29. The molecule has 0 aliphatic heterocycles. The third-order valence-corrected chi connectivity index (χ3v) is 3.33. The van der Waals surface area contributed by atoms with Gasteiger partial charge < -0.3 is 4.74 Å². The van der Waals surface area contributed by atoms with E-state index in [0.29, 0.717) is 17.9 Å². The Bertz CT molecular complexity index is 397. The fourth-order valence-electron chi connectivity index (χ4n) is 1.16. The van der Waals surface area contributed by atoms with Crippen LogP contribution >= 0.6 is 0 Å². The molecule has 0 saturated heterocycles. The molecule has 0 heterocycles. The van der Waals surface area contributed by atoms with Gasteiger partial charge in [0.25, 0.3) is 0 Å². The maximum Gasteiger partial charge on any atom is 0.232 e. The van der Waals surface area contributed by atoms with Crippen LogP contribution in [0.3, 0.4) is 0 Å². The molecule has 0 radical (unpaired) electrons. The summed E-state index contributed by atoms with van der Waals surface area (Å²) in [7, 11) is -1.63. The van der Waals surface area contributed by atoms with Gasteiger partial charge in [0.15, 0.2) is 0 Å². The molecule has 0 spiro atoms. The molecule has 1 N–H and O–H groups in total. The summed E-state index contributed by atoms with van der Waals surface area (Å²) in [6.07, 6.45) is 0.603. The first-order chi connectivity index (χ1) is 7.07. The molecule has 0 bridgehead atoms. The topological polar surface area (TPSA) is 55.4 Å². The molecule has 0 fully saturated rings. The van der Waals surface area contributed by atoms with Gasteiger partial charge in [0.05, 0.1) is 12.9 Å². The summed E-state index contributed by atoms with van der Waals surface area (Å²) >= 11 is 0. The first-order valence-electron chi connectivity index (χ1n) is 4.72. The van der Waals surface area contributed by atoms with E-state index in [4.69, 9.17) is 4.74 Å². The molecule has 0 aromatic heterocycles. The zero-order valence-corrected chi connectivity index (χ0v) is 9.67. The molecule has 0 saturated carbocycles. The first-order valence-corrected chi connectivity index (χ1v) is 6.37. The highest BCUT2D eigenvalue weighted by atomic mass is 32.2. The zero-order chi connectivity index (χ0) is 11.3. The Balaban J connectivity index is 2.73. The van der Waals surface area contributed by atoms with Crippen LogP contribution in [0.5, 0.6) is 5.75 Å². The number of rotatable bonds is 5. The van der Waals surface area contributed by atoms with Gasteiger partial charge in [-0.15, -0.1) is 0 Å². The van der Waals surface area contributed by atoms with Gasteiger partial charge in [-0.1, -0.05) is 6.92 Å². The maximum absolute atomic E-state index is 11.4. The zero-order valence-electron chi connectivity index (χ0n) is 8.86. The van der Waals surface area contributed by atoms with Crippen LogP contribution < -0.4 is 9.46 Å². The Morgan fingerprint density at radius 3 is 2.33 bits per heavy atom. The fraction of sp³-hybridized carbons (Fsp3) is 0.400. The monoisotopic (exact) mass is 229 g/mol. The average molecular weight is 229 g/mol. The van der Waals surface area contributed by atoms with Crippen molar-refractivity contribution in [2.24, 2.45) is 0 Å². The van der Waals surface area contributed by atoms with Crippen LogP contribution in [0.1, 0.15) is 13.3 Å². The molecule has 15 heavy (non-hydrogen) atoms. The van der Waals surface area contributed by atoms with Gasteiger partial charge >= 0.3 is 0 Å². The van der Waals surface area contributed by atoms with Gasteiger partial charge in [0.2, 0.25) is 10.0 Å². The van der Waals surface area contributed by atoms with Crippen molar-refractivity contribution in [2.75, 3.05) is 17.6 Å². The minimum absolute atomic E-state index is 0.138. The number of nitrogens with one attached hydrogen (secondary N) is 1. The SMILES string of the molecule is CCCS(=O)(=O)Nc1ccc(OC)cc1. The standard InChI is InChI=1S/C10H15NO3S/c1-3-8-15(12,13)11-9-4-6-10(14-2)7-5-9/h4-7,11H,3,8H2,1-2H3. The molecule has 5 heteroatoms. The van der Waals surface area contributed by atoms with Crippen molar-refractivity contribution in [3.05, 3.63) is 24.3 Å². The van der Waals surface area contributed by atoms with Crippen molar-refractivity contribution in [2.45, 2.75) is 13.3 Å². The summed E-state index contributed by atoms with van der Waals surface area (Å²) in [5.41, 5.74) is 0.559. The van der Waals surface area contributed by atoms with Crippen molar-refractivity contribution in [3.63, 3.8) is 0 Å². The van der Waals surface area contributed by atoms with Gasteiger partial charge in [-0.3, -0.25) is 4.72 Å². The van der Waals surface area contributed by atoms with Gasteiger partial charge in [-0.2, -0.15) is 0 Å². The smallest absolute Gasteiger partial charge is 0.232 e. The number of sulfonamides is 1. The lowest BCUT2D eigenvalue weighted by Crippen LogP contribution is -2.15. The van der Waals surface area contributed by atoms with Crippen molar-refractivity contribution >= 4 is 15.7 Å². The lowest BCUT2D eigenvalue weighted by atomic mass is 10.3. The molecular weight excluding hydrogens is 214 g/mol. The van der Waals surface area contributed by atoms with E-state index >= 15 is 0 Å². The van der Waals surface area contributed by atoms with Gasteiger partial charge in [-0.25, -0.2) is 8.42 Å². The van der Waals surface area contributed by atoms with Crippen molar-refractivity contribution in [1.82, 2.24) is 0 Å². The van der Waals surface area contributed by atoms with E-state index in [1.54, 1.807) is 31.4 Å². The highest BCUT2D eigenvalue weighted by Crippen LogP contribution is 2.16. The van der Waals surface area contributed by atoms with E-state index in [-0.39, 0.29) is 5.75 Å². The largest absolute Gasteiger partial charge is 0.497 e. The lowest BCUT2D eigenvalue weighted by molar-refractivity contribution is 0.415. The molecular formula is C10H15NO3S. The number of hydrogen-bond acceptors (Lipinski definition) is 3. The molecule has 0 aliphatic rings. The predicted octanol–water partition coefficient (Wildman–Crippen LogP) is 1.85. The highest BCUT2D eigenvalue weighted by molar-refractivity contribution is 7.92. The number of methoxy groups -OCH3 is 1. The summed E-state index contributed by atoms with van der Waals surface area (Å²) in [6.45, 7) is 1.83. The quantitative estimate of drug-likeness (QED) is 0.838. The summed E-state index contributed by atoms with van der Waals surface area (Å²) in [5.74, 6) is 0.840. The van der Waals surface area contributed by atoms with Gasteiger partial charge in [0.1, 0.15) is 5.75 Å². The Morgan fingerprint density at radius 1 is 1.27 bits per heavy atom. The third kappa shape index (κ3) is 3.79. The van der Waals surface area contributed by atoms with Crippen LogP contribution in [0.4, 0.5) is 5.69 Å². The van der Waals surface area contributed by atoms with Crippen LogP contribution in [0, 0.1) is 0 Å². The highest BCUT2D eigenvalue weighted by Gasteiger charge is 2.07. The van der Waals surface area contributed by atoms with Crippen molar-refractivity contribution < 1.29 is 13.2 Å². The molecule has 0 unspecified atom stereocenters. The summed E-state index contributed by atoms with van der Waals surface area (Å²) < 4.78 is 30.3. The summed E-state index contributed by atoms with van der Waals surface area (Å²) in [6, 6.07) is 6.77. The minimum Gasteiger partial charge on any atom is -0.497 e. The molecule has 0 amide bonds. The number of benzene rings is 1. The second kappa shape index (κ2) is 5.02. The number of anilines is 1. The Kier molecular flexibility index (Phi) is 3.96. The van der Waals surface area contributed by atoms with E-state index < -0.39 is 10.0 Å². The van der Waals surface area contributed by atoms with Crippen LogP contribution in [-0.4, -0.2) is 21.3 Å². The third-order valence-electron chi connectivity index (χ3n) is 1.84. The van der Waals surface area contributed by atoms with E-state index in [0.717, 1.165) is 0 Å². The van der Waals surface area contributed by atoms with Crippen molar-refractivity contribution in [3.8, 4) is 5.75 Å². The molecule has 4 nitrogen and oxygen atoms in total. The second-order valence-corrected chi connectivity index (χ2v) is 4.99. The van der Waals surface area contributed by atoms with Crippen LogP contribution in [0.25, 0.3) is 0 Å². The van der Waals surface area contributed by atoms with E-state index in [9.17, 15) is 8.42 Å². The molecule has 1 aromatic carbocycles. The molecule has 1 aromatic rings. The summed E-state index contributed by atoms with van der Waals surface area (Å²) in [5, 5.41) is 0. The van der Waals surface area contributed by atoms with Gasteiger partial charge in [0, 0.05) is 5.69 Å². The van der Waals surface area contributed by atoms with Crippen LogP contribution in [0.15, 0.2) is 24.3 Å². The van der Waals surface area contributed by atoms with E-state index in [2.05, 4.69) is 4.72 Å². The van der Waals surface area contributed by atoms with E-state index in [1.807, 2.05) is 6.92 Å². The lowest BCUT2D eigenvalue weighted by Gasteiger charge is -2.07. The second-order valence-electron chi connectivity index (χ2n) is 3.15. The molecule has 0 atom stereocenters. The van der Waals surface area contributed by atoms with Crippen LogP contribution in [-0.2, 0) is 10.0 Å². The Labute approximate surface area is 90.3 Å². The van der Waals surface area contributed by atoms with E-state index in [1.165, 1.54) is 0 Å². The normalized spacial score (nSPS) is 11.1. The van der Waals surface area contributed by atoms with Crippen LogP contribution in [0.2, 0.25) is 0 Å². The summed E-state index contributed by atoms with van der Waals surface area (Å²) in [4.78, 5) is 0. The maximum atomic E-state index is 11.4. The predicted molar refractivity (Wildman–Crippen MR) is 60.7 cm³/mol. The molecule has 0 aliphatic carbocycles. The number of ether oxygens (including phenoxy) is 1. The van der Waals surface area contributed by atoms with Gasteiger partial charge in [-0.05, 0) is 30.7 Å². The Hall–Kier alpha value is -1.23. The Morgan fingerprint density at radius 2 is 1.87 bits per heavy atom. The first kappa shape index (κ1) is 11.8. The minimum atomic E-state index is -3.20. The average Bonchev–Trinajstić information content (AvgIpc) is 2.18. The van der Waals surface area contributed by atoms with Crippen molar-refractivity contribution in [1.29, 1.82) is 0 Å². The molecule has 84 valence electrons. The molecule has 1 rings (SSSR count).